The van der Waals surface area contributed by atoms with Crippen molar-refractivity contribution >= 4 is 11.6 Å². The first-order valence-electron chi connectivity index (χ1n) is 6.30. The topological polar surface area (TPSA) is 30.5 Å². The van der Waals surface area contributed by atoms with Gasteiger partial charge in [-0.25, -0.2) is 0 Å². The lowest BCUT2D eigenvalue weighted by Gasteiger charge is -2.18. The lowest BCUT2D eigenvalue weighted by molar-refractivity contribution is 0.394. The van der Waals surface area contributed by atoms with Gasteiger partial charge in [0, 0.05) is 17.2 Å². The Bertz CT molecular complexity index is 428. The first-order chi connectivity index (χ1) is 8.67. The van der Waals surface area contributed by atoms with E-state index in [-0.39, 0.29) is 0 Å². The summed E-state index contributed by atoms with van der Waals surface area (Å²) in [5.74, 6) is 1.61. The van der Waals surface area contributed by atoms with Gasteiger partial charge in [-0.05, 0) is 38.8 Å². The number of benzene rings is 1. The number of halogens is 1. The van der Waals surface area contributed by atoms with Gasteiger partial charge < -0.3 is 14.8 Å². The smallest absolute Gasteiger partial charge is 0.141 e. The molecular weight excluding hydrogens is 250 g/mol. The van der Waals surface area contributed by atoms with E-state index < -0.39 is 0 Å². The van der Waals surface area contributed by atoms with Crippen LogP contribution in [0.25, 0.3) is 0 Å². The molecular formula is C14H20ClNO2. The minimum Gasteiger partial charge on any atom is -0.496 e. The second-order valence-electron chi connectivity index (χ2n) is 4.71. The van der Waals surface area contributed by atoms with Gasteiger partial charge in [0.05, 0.1) is 19.2 Å². The highest BCUT2D eigenvalue weighted by molar-refractivity contribution is 6.33. The maximum Gasteiger partial charge on any atom is 0.141 e. The summed E-state index contributed by atoms with van der Waals surface area (Å²) in [4.78, 5) is 0. The van der Waals surface area contributed by atoms with E-state index in [4.69, 9.17) is 21.1 Å². The van der Waals surface area contributed by atoms with Gasteiger partial charge in [0.1, 0.15) is 11.5 Å². The number of rotatable bonds is 4. The molecule has 0 radical (unpaired) electrons. The molecule has 2 rings (SSSR count). The fourth-order valence-corrected chi connectivity index (χ4v) is 2.82. The van der Waals surface area contributed by atoms with Crippen molar-refractivity contribution in [1.82, 2.24) is 5.32 Å². The molecule has 0 aliphatic carbocycles. The summed E-state index contributed by atoms with van der Waals surface area (Å²) in [5, 5.41) is 4.15. The van der Waals surface area contributed by atoms with Gasteiger partial charge in [-0.3, -0.25) is 0 Å². The monoisotopic (exact) mass is 269 g/mol. The molecule has 0 aromatic heterocycles. The van der Waals surface area contributed by atoms with E-state index in [0.29, 0.717) is 11.1 Å². The standard InChI is InChI=1S/C14H20ClNO2/c1-9-12(17-2)8-10(14(18-3)13(9)15)7-11-5-4-6-16-11/h8,11,16H,4-7H2,1-3H3. The van der Waals surface area contributed by atoms with Gasteiger partial charge >= 0.3 is 0 Å². The molecule has 1 N–H and O–H groups in total. The summed E-state index contributed by atoms with van der Waals surface area (Å²) < 4.78 is 10.8. The molecule has 1 aliphatic rings. The molecule has 3 nitrogen and oxygen atoms in total. The average molecular weight is 270 g/mol. The Kier molecular flexibility index (Phi) is 4.36. The summed E-state index contributed by atoms with van der Waals surface area (Å²) in [5.41, 5.74) is 2.04. The third-order valence-electron chi connectivity index (χ3n) is 3.55. The fraction of sp³-hybridized carbons (Fsp3) is 0.571. The SMILES string of the molecule is COc1cc(CC2CCCN2)c(OC)c(Cl)c1C. The molecule has 4 heteroatoms. The normalized spacial score (nSPS) is 19.0. The summed E-state index contributed by atoms with van der Waals surface area (Å²) in [6.07, 6.45) is 3.38. The van der Waals surface area contributed by atoms with E-state index in [1.165, 1.54) is 12.8 Å². The van der Waals surface area contributed by atoms with Crippen molar-refractivity contribution in [3.63, 3.8) is 0 Å². The van der Waals surface area contributed by atoms with Crippen LogP contribution in [0.3, 0.4) is 0 Å². The molecule has 1 fully saturated rings. The van der Waals surface area contributed by atoms with Gasteiger partial charge in [-0.15, -0.1) is 0 Å². The van der Waals surface area contributed by atoms with Crippen LogP contribution in [0.15, 0.2) is 6.07 Å². The van der Waals surface area contributed by atoms with Gasteiger partial charge in [0.25, 0.3) is 0 Å². The molecule has 1 atom stereocenters. The van der Waals surface area contributed by atoms with Gasteiger partial charge in [-0.2, -0.15) is 0 Å². The van der Waals surface area contributed by atoms with Crippen LogP contribution in [0.2, 0.25) is 5.02 Å². The second-order valence-corrected chi connectivity index (χ2v) is 5.09. The molecule has 1 unspecified atom stereocenters. The molecule has 18 heavy (non-hydrogen) atoms. The third kappa shape index (κ3) is 2.57. The van der Waals surface area contributed by atoms with Gasteiger partial charge in [0.15, 0.2) is 0 Å². The molecule has 1 aromatic rings. The minimum atomic E-state index is 0.516. The van der Waals surface area contributed by atoms with E-state index in [2.05, 4.69) is 5.32 Å². The van der Waals surface area contributed by atoms with Crippen molar-refractivity contribution in [1.29, 1.82) is 0 Å². The summed E-state index contributed by atoms with van der Waals surface area (Å²) >= 11 is 6.34. The highest BCUT2D eigenvalue weighted by Crippen LogP contribution is 2.38. The second kappa shape index (κ2) is 5.81. The van der Waals surface area contributed by atoms with Gasteiger partial charge in [0.2, 0.25) is 0 Å². The highest BCUT2D eigenvalue weighted by Gasteiger charge is 2.20. The molecule has 0 saturated carbocycles. The van der Waals surface area contributed by atoms with Gasteiger partial charge in [-0.1, -0.05) is 11.6 Å². The lowest BCUT2D eigenvalue weighted by Crippen LogP contribution is -2.24. The average Bonchev–Trinajstić information content (AvgIpc) is 2.87. The zero-order valence-electron chi connectivity index (χ0n) is 11.2. The third-order valence-corrected chi connectivity index (χ3v) is 4.00. The Labute approximate surface area is 113 Å². The molecule has 1 aromatic carbocycles. The van der Waals surface area contributed by atoms with Crippen molar-refractivity contribution in [2.75, 3.05) is 20.8 Å². The Hall–Kier alpha value is -0.930. The maximum atomic E-state index is 6.34. The van der Waals surface area contributed by atoms with Crippen molar-refractivity contribution in [2.45, 2.75) is 32.2 Å². The number of nitrogens with one attached hydrogen (secondary N) is 1. The zero-order valence-corrected chi connectivity index (χ0v) is 11.9. The molecule has 0 amide bonds. The van der Waals surface area contributed by atoms with Crippen molar-refractivity contribution < 1.29 is 9.47 Å². The molecule has 0 bridgehead atoms. The lowest BCUT2D eigenvalue weighted by atomic mass is 10.0. The van der Waals surface area contributed by atoms with Crippen LogP contribution in [0.1, 0.15) is 24.0 Å². The number of ether oxygens (including phenoxy) is 2. The predicted octanol–water partition coefficient (Wildman–Crippen LogP) is 2.96. The van der Waals surface area contributed by atoms with Crippen molar-refractivity contribution in [2.24, 2.45) is 0 Å². The number of hydrogen-bond acceptors (Lipinski definition) is 3. The van der Waals surface area contributed by atoms with E-state index in [1.807, 2.05) is 13.0 Å². The van der Waals surface area contributed by atoms with Crippen molar-refractivity contribution in [3.05, 3.63) is 22.2 Å². The van der Waals surface area contributed by atoms with E-state index >= 15 is 0 Å². The van der Waals surface area contributed by atoms with E-state index in [9.17, 15) is 0 Å². The summed E-state index contributed by atoms with van der Waals surface area (Å²) in [7, 11) is 3.33. The molecule has 1 saturated heterocycles. The molecule has 1 aliphatic heterocycles. The van der Waals surface area contributed by atoms with E-state index in [1.54, 1.807) is 14.2 Å². The quantitative estimate of drug-likeness (QED) is 0.912. The molecule has 100 valence electrons. The summed E-state index contributed by atoms with van der Waals surface area (Å²) in [6.45, 7) is 3.05. The predicted molar refractivity (Wildman–Crippen MR) is 74.0 cm³/mol. The van der Waals surface area contributed by atoms with Crippen LogP contribution in [0.4, 0.5) is 0 Å². The van der Waals surface area contributed by atoms with Crippen LogP contribution in [-0.2, 0) is 6.42 Å². The highest BCUT2D eigenvalue weighted by atomic mass is 35.5. The van der Waals surface area contributed by atoms with Crippen LogP contribution in [0.5, 0.6) is 11.5 Å². The van der Waals surface area contributed by atoms with Crippen LogP contribution >= 0.6 is 11.6 Å². The van der Waals surface area contributed by atoms with Crippen molar-refractivity contribution in [3.8, 4) is 11.5 Å². The Balaban J connectivity index is 2.34. The Morgan fingerprint density at radius 2 is 2.17 bits per heavy atom. The molecule has 0 spiro atoms. The maximum absolute atomic E-state index is 6.34. The van der Waals surface area contributed by atoms with Crippen LogP contribution in [-0.4, -0.2) is 26.8 Å². The zero-order chi connectivity index (χ0) is 13.1. The fourth-order valence-electron chi connectivity index (χ4n) is 2.53. The van der Waals surface area contributed by atoms with Crippen LogP contribution in [0, 0.1) is 6.92 Å². The first-order valence-corrected chi connectivity index (χ1v) is 6.68. The van der Waals surface area contributed by atoms with E-state index in [0.717, 1.165) is 35.6 Å². The Morgan fingerprint density at radius 3 is 2.72 bits per heavy atom. The molecule has 1 heterocycles. The summed E-state index contributed by atoms with van der Waals surface area (Å²) in [6, 6.07) is 2.56. The largest absolute Gasteiger partial charge is 0.496 e. The minimum absolute atomic E-state index is 0.516. The first kappa shape index (κ1) is 13.5. The Morgan fingerprint density at radius 1 is 1.39 bits per heavy atom. The van der Waals surface area contributed by atoms with Crippen LogP contribution < -0.4 is 14.8 Å². The number of methoxy groups -OCH3 is 2. The number of hydrogen-bond donors (Lipinski definition) is 1.